The molecule has 16 heavy (non-hydrogen) atoms. The number of halogens is 3. The van der Waals surface area contributed by atoms with Crippen LogP contribution in [0, 0.1) is 0 Å². The summed E-state index contributed by atoms with van der Waals surface area (Å²) in [4.78, 5) is 19.3. The first-order chi connectivity index (χ1) is 7.46. The number of pyridine rings is 1. The van der Waals surface area contributed by atoms with E-state index in [1.165, 1.54) is 0 Å². The van der Waals surface area contributed by atoms with Gasteiger partial charge in [-0.3, -0.25) is 14.6 Å². The van der Waals surface area contributed by atoms with Gasteiger partial charge < -0.3 is 0 Å². The second-order valence-corrected chi connectivity index (χ2v) is 2.78. The van der Waals surface area contributed by atoms with Gasteiger partial charge in [-0.15, -0.1) is 0 Å². The molecule has 1 aromatic rings. The number of hydroxylamine groups is 1. The van der Waals surface area contributed by atoms with Gasteiger partial charge in [0, 0.05) is 12.4 Å². The zero-order valence-electron chi connectivity index (χ0n) is 8.34. The van der Waals surface area contributed by atoms with Crippen LogP contribution in [-0.4, -0.2) is 17.5 Å². The third-order valence-electron chi connectivity index (χ3n) is 1.68. The van der Waals surface area contributed by atoms with Gasteiger partial charge >= 0.3 is 6.18 Å². The van der Waals surface area contributed by atoms with Crippen molar-refractivity contribution in [3.63, 3.8) is 0 Å². The summed E-state index contributed by atoms with van der Waals surface area (Å²) in [5, 5.41) is 0. The van der Waals surface area contributed by atoms with E-state index in [4.69, 9.17) is 0 Å². The topological polar surface area (TPSA) is 51.2 Å². The number of rotatable bonds is 3. The van der Waals surface area contributed by atoms with Crippen molar-refractivity contribution in [1.29, 1.82) is 0 Å². The molecule has 0 spiro atoms. The van der Waals surface area contributed by atoms with Crippen molar-refractivity contribution >= 4 is 5.91 Å². The Morgan fingerprint density at radius 3 is 2.81 bits per heavy atom. The number of carbonyl (C=O) groups is 1. The largest absolute Gasteiger partial charge is 0.417 e. The zero-order valence-corrected chi connectivity index (χ0v) is 8.34. The first-order valence-electron chi connectivity index (χ1n) is 4.40. The molecule has 0 unspecified atom stereocenters. The molecular weight excluding hydrogens is 225 g/mol. The van der Waals surface area contributed by atoms with Gasteiger partial charge in [-0.1, -0.05) is 0 Å². The van der Waals surface area contributed by atoms with E-state index in [1.54, 1.807) is 6.92 Å². The second-order valence-electron chi connectivity index (χ2n) is 2.78. The predicted octanol–water partition coefficient (Wildman–Crippen LogP) is 1.78. The summed E-state index contributed by atoms with van der Waals surface area (Å²) in [7, 11) is 0. The Morgan fingerprint density at radius 1 is 1.56 bits per heavy atom. The highest BCUT2D eigenvalue weighted by atomic mass is 19.4. The highest BCUT2D eigenvalue weighted by Gasteiger charge is 2.35. The fraction of sp³-hybridized carbons (Fsp3) is 0.333. The van der Waals surface area contributed by atoms with Crippen molar-refractivity contribution < 1.29 is 22.8 Å². The number of hydrogen-bond donors (Lipinski definition) is 1. The third kappa shape index (κ3) is 2.93. The van der Waals surface area contributed by atoms with Crippen LogP contribution in [0.15, 0.2) is 18.5 Å². The van der Waals surface area contributed by atoms with Crippen LogP contribution in [0.25, 0.3) is 0 Å². The maximum Gasteiger partial charge on any atom is 0.417 e. The van der Waals surface area contributed by atoms with E-state index in [0.717, 1.165) is 18.5 Å². The van der Waals surface area contributed by atoms with Crippen LogP contribution in [-0.2, 0) is 11.0 Å². The van der Waals surface area contributed by atoms with Gasteiger partial charge in [-0.25, -0.2) is 5.48 Å². The van der Waals surface area contributed by atoms with Crippen LogP contribution in [0.1, 0.15) is 22.8 Å². The summed E-state index contributed by atoms with van der Waals surface area (Å²) in [6.45, 7) is 1.75. The molecule has 0 aliphatic heterocycles. The number of hydrogen-bond acceptors (Lipinski definition) is 3. The molecule has 0 atom stereocenters. The van der Waals surface area contributed by atoms with E-state index >= 15 is 0 Å². The van der Waals surface area contributed by atoms with Crippen LogP contribution in [0.4, 0.5) is 13.2 Å². The summed E-state index contributed by atoms with van der Waals surface area (Å²) in [5.74, 6) is -0.970. The summed E-state index contributed by atoms with van der Waals surface area (Å²) in [5.41, 5.74) is 0.274. The number of nitrogens with zero attached hydrogens (tertiary/aromatic N) is 1. The molecule has 0 aliphatic carbocycles. The number of aromatic nitrogens is 1. The lowest BCUT2D eigenvalue weighted by molar-refractivity contribution is -0.138. The van der Waals surface area contributed by atoms with Crippen molar-refractivity contribution in [3.05, 3.63) is 29.6 Å². The van der Waals surface area contributed by atoms with Gasteiger partial charge in [0.2, 0.25) is 0 Å². The van der Waals surface area contributed by atoms with Gasteiger partial charge in [0.05, 0.1) is 17.7 Å². The molecule has 0 bridgehead atoms. The molecule has 0 radical (unpaired) electrons. The predicted molar refractivity (Wildman–Crippen MR) is 48.3 cm³/mol. The molecule has 1 amide bonds. The molecule has 0 fully saturated rings. The molecule has 1 aromatic heterocycles. The minimum atomic E-state index is -4.60. The average Bonchev–Trinajstić information content (AvgIpc) is 2.24. The number of amides is 1. The Kier molecular flexibility index (Phi) is 3.83. The van der Waals surface area contributed by atoms with E-state index in [-0.39, 0.29) is 6.61 Å². The Hall–Kier alpha value is -1.63. The number of alkyl halides is 3. The molecule has 4 nitrogen and oxygen atoms in total. The fourth-order valence-electron chi connectivity index (χ4n) is 1.02. The molecule has 0 saturated heterocycles. The molecule has 1 heterocycles. The van der Waals surface area contributed by atoms with E-state index in [1.807, 2.05) is 5.48 Å². The highest BCUT2D eigenvalue weighted by Crippen LogP contribution is 2.31. The summed E-state index contributed by atoms with van der Waals surface area (Å²) in [6, 6.07) is 0.737. The van der Waals surface area contributed by atoms with Crippen LogP contribution < -0.4 is 5.48 Å². The minimum absolute atomic E-state index is 0.160. The average molecular weight is 234 g/mol. The lowest BCUT2D eigenvalue weighted by Crippen LogP contribution is -2.26. The first kappa shape index (κ1) is 12.4. The molecular formula is C9H9F3N2O2. The molecule has 0 aromatic carbocycles. The quantitative estimate of drug-likeness (QED) is 0.811. The van der Waals surface area contributed by atoms with Crippen molar-refractivity contribution in [2.75, 3.05) is 6.61 Å². The summed E-state index contributed by atoms with van der Waals surface area (Å²) in [6.07, 6.45) is -2.78. The third-order valence-corrected chi connectivity index (χ3v) is 1.68. The summed E-state index contributed by atoms with van der Waals surface area (Å²) < 4.78 is 37.4. The highest BCUT2D eigenvalue weighted by molar-refractivity contribution is 5.94. The maximum absolute atomic E-state index is 12.5. The van der Waals surface area contributed by atoms with Crippen molar-refractivity contribution in [2.45, 2.75) is 13.1 Å². The Bertz CT molecular complexity index is 379. The number of nitrogens with one attached hydrogen (secondary N) is 1. The van der Waals surface area contributed by atoms with Crippen LogP contribution in [0.3, 0.4) is 0 Å². The van der Waals surface area contributed by atoms with Crippen LogP contribution in [0.2, 0.25) is 0 Å². The van der Waals surface area contributed by atoms with Gasteiger partial charge in [0.25, 0.3) is 5.91 Å². The second kappa shape index (κ2) is 4.93. The molecule has 1 N–H and O–H groups in total. The lowest BCUT2D eigenvalue weighted by atomic mass is 10.1. The van der Waals surface area contributed by atoms with E-state index < -0.39 is 23.2 Å². The van der Waals surface area contributed by atoms with Gasteiger partial charge in [-0.05, 0) is 13.0 Å². The molecule has 0 aliphatic rings. The van der Waals surface area contributed by atoms with Crippen LogP contribution in [0.5, 0.6) is 0 Å². The van der Waals surface area contributed by atoms with Gasteiger partial charge in [0.1, 0.15) is 0 Å². The number of carbonyl (C=O) groups excluding carboxylic acids is 1. The molecule has 1 rings (SSSR count). The smallest absolute Gasteiger partial charge is 0.274 e. The van der Waals surface area contributed by atoms with Gasteiger partial charge in [0.15, 0.2) is 0 Å². The minimum Gasteiger partial charge on any atom is -0.274 e. The SMILES string of the molecule is CCONC(=O)c1cnccc1C(F)(F)F. The van der Waals surface area contributed by atoms with Crippen molar-refractivity contribution in [2.24, 2.45) is 0 Å². The van der Waals surface area contributed by atoms with E-state index in [9.17, 15) is 18.0 Å². The van der Waals surface area contributed by atoms with E-state index in [0.29, 0.717) is 0 Å². The Balaban J connectivity index is 3.00. The molecule has 88 valence electrons. The monoisotopic (exact) mass is 234 g/mol. The Labute approximate surface area is 89.4 Å². The zero-order chi connectivity index (χ0) is 12.2. The van der Waals surface area contributed by atoms with Gasteiger partial charge in [-0.2, -0.15) is 13.2 Å². The fourth-order valence-corrected chi connectivity index (χ4v) is 1.02. The van der Waals surface area contributed by atoms with Crippen molar-refractivity contribution in [3.8, 4) is 0 Å². The van der Waals surface area contributed by atoms with E-state index in [2.05, 4.69) is 9.82 Å². The van der Waals surface area contributed by atoms with Crippen LogP contribution >= 0.6 is 0 Å². The summed E-state index contributed by atoms with van der Waals surface area (Å²) >= 11 is 0. The van der Waals surface area contributed by atoms with Crippen molar-refractivity contribution in [1.82, 2.24) is 10.5 Å². The Morgan fingerprint density at radius 2 is 2.25 bits per heavy atom. The molecule has 0 saturated carbocycles. The normalized spacial score (nSPS) is 11.2. The maximum atomic E-state index is 12.5. The lowest BCUT2D eigenvalue weighted by Gasteiger charge is -2.11. The molecule has 7 heteroatoms. The first-order valence-corrected chi connectivity index (χ1v) is 4.40. The standard InChI is InChI=1S/C9H9F3N2O2/c1-2-16-14-8(15)6-5-13-4-3-7(6)9(10,11)12/h3-5H,2H2,1H3,(H,14,15).